The van der Waals surface area contributed by atoms with Crippen molar-refractivity contribution < 1.29 is 17.9 Å². The maximum atomic E-state index is 12.6. The maximum absolute atomic E-state index is 12.6. The van der Waals surface area contributed by atoms with Gasteiger partial charge >= 0.3 is 6.18 Å². The number of rotatable bonds is 5. The fourth-order valence-electron chi connectivity index (χ4n) is 2.51. The molecule has 112 valence electrons. The Morgan fingerprint density at radius 3 is 2.50 bits per heavy atom. The third kappa shape index (κ3) is 3.73. The van der Waals surface area contributed by atoms with Crippen molar-refractivity contribution in [3.8, 4) is 0 Å². The first-order chi connectivity index (χ1) is 9.52. The van der Waals surface area contributed by atoms with Gasteiger partial charge in [0.15, 0.2) is 0 Å². The van der Waals surface area contributed by atoms with Gasteiger partial charge in [0.2, 0.25) is 0 Å². The molecule has 0 amide bonds. The zero-order valence-electron chi connectivity index (χ0n) is 11.5. The highest BCUT2D eigenvalue weighted by Gasteiger charge is 2.31. The van der Waals surface area contributed by atoms with Crippen LogP contribution in [0.3, 0.4) is 0 Å². The number of halogens is 3. The lowest BCUT2D eigenvalue weighted by molar-refractivity contribution is -0.137. The maximum Gasteiger partial charge on any atom is 0.416 e. The van der Waals surface area contributed by atoms with E-state index in [0.29, 0.717) is 0 Å². The molecule has 2 unspecified atom stereocenters. The van der Waals surface area contributed by atoms with Crippen LogP contribution in [0.15, 0.2) is 24.3 Å². The molecule has 2 atom stereocenters. The molecule has 1 aliphatic heterocycles. The molecule has 1 aromatic carbocycles. The Morgan fingerprint density at radius 2 is 2.00 bits per heavy atom. The zero-order valence-corrected chi connectivity index (χ0v) is 11.5. The number of hydrogen-bond acceptors (Lipinski definition) is 2. The van der Waals surface area contributed by atoms with Gasteiger partial charge in [-0.3, -0.25) is 0 Å². The van der Waals surface area contributed by atoms with E-state index in [1.54, 1.807) is 12.1 Å². The second-order valence-electron chi connectivity index (χ2n) is 5.10. The number of alkyl halides is 3. The van der Waals surface area contributed by atoms with Crippen molar-refractivity contribution >= 4 is 0 Å². The summed E-state index contributed by atoms with van der Waals surface area (Å²) < 4.78 is 43.4. The summed E-state index contributed by atoms with van der Waals surface area (Å²) in [5.41, 5.74) is 0.251. The van der Waals surface area contributed by atoms with Gasteiger partial charge in [-0.05, 0) is 43.5 Å². The van der Waals surface area contributed by atoms with Crippen molar-refractivity contribution in [1.29, 1.82) is 0 Å². The molecule has 1 saturated heterocycles. The lowest BCUT2D eigenvalue weighted by atomic mass is 9.98. The molecule has 1 heterocycles. The van der Waals surface area contributed by atoms with Crippen LogP contribution < -0.4 is 5.32 Å². The van der Waals surface area contributed by atoms with Gasteiger partial charge in [0.1, 0.15) is 0 Å². The Morgan fingerprint density at radius 1 is 1.30 bits per heavy atom. The first-order valence-corrected chi connectivity index (χ1v) is 7.04. The normalized spacial score (nSPS) is 21.1. The lowest BCUT2D eigenvalue weighted by Crippen LogP contribution is -2.32. The molecule has 0 saturated carbocycles. The zero-order chi connectivity index (χ0) is 14.6. The summed E-state index contributed by atoms with van der Waals surface area (Å²) in [5.74, 6) is 0. The summed E-state index contributed by atoms with van der Waals surface area (Å²) >= 11 is 0. The predicted octanol–water partition coefficient (Wildman–Crippen LogP) is 3.93. The van der Waals surface area contributed by atoms with Crippen molar-refractivity contribution in [3.63, 3.8) is 0 Å². The average Bonchev–Trinajstić information content (AvgIpc) is 2.93. The highest BCUT2D eigenvalue weighted by Crippen LogP contribution is 2.32. The molecule has 1 N–H and O–H groups in total. The lowest BCUT2D eigenvalue weighted by Gasteiger charge is -2.25. The highest BCUT2D eigenvalue weighted by molar-refractivity contribution is 5.27. The van der Waals surface area contributed by atoms with E-state index in [1.165, 1.54) is 0 Å². The van der Waals surface area contributed by atoms with Crippen LogP contribution in [-0.4, -0.2) is 19.3 Å². The van der Waals surface area contributed by atoms with Gasteiger partial charge in [0, 0.05) is 6.61 Å². The van der Waals surface area contributed by atoms with Gasteiger partial charge in [-0.25, -0.2) is 0 Å². The summed E-state index contributed by atoms with van der Waals surface area (Å²) in [5, 5.41) is 3.38. The molecular formula is C15H20F3NO. The molecule has 0 bridgehead atoms. The van der Waals surface area contributed by atoms with Crippen LogP contribution in [0.2, 0.25) is 0 Å². The van der Waals surface area contributed by atoms with E-state index in [4.69, 9.17) is 4.74 Å². The summed E-state index contributed by atoms with van der Waals surface area (Å²) in [6, 6.07) is 5.37. The SMILES string of the molecule is CCCNC(c1ccc(C(F)(F)F)cc1)C1CCCO1. The third-order valence-corrected chi connectivity index (χ3v) is 3.55. The Hall–Kier alpha value is -1.07. The van der Waals surface area contributed by atoms with Gasteiger partial charge in [0.25, 0.3) is 0 Å². The number of hydrogen-bond donors (Lipinski definition) is 1. The minimum Gasteiger partial charge on any atom is -0.376 e. The molecule has 2 rings (SSSR count). The van der Waals surface area contributed by atoms with Gasteiger partial charge < -0.3 is 10.1 Å². The van der Waals surface area contributed by atoms with Crippen LogP contribution in [0.1, 0.15) is 43.4 Å². The first-order valence-electron chi connectivity index (χ1n) is 7.04. The third-order valence-electron chi connectivity index (χ3n) is 3.55. The molecule has 0 aromatic heterocycles. The molecule has 2 nitrogen and oxygen atoms in total. The van der Waals surface area contributed by atoms with E-state index in [-0.39, 0.29) is 12.1 Å². The van der Waals surface area contributed by atoms with Crippen LogP contribution in [0, 0.1) is 0 Å². The van der Waals surface area contributed by atoms with E-state index in [9.17, 15) is 13.2 Å². The second kappa shape index (κ2) is 6.59. The molecule has 0 spiro atoms. The second-order valence-corrected chi connectivity index (χ2v) is 5.10. The van der Waals surface area contributed by atoms with Crippen LogP contribution in [0.4, 0.5) is 13.2 Å². The van der Waals surface area contributed by atoms with E-state index in [1.807, 2.05) is 0 Å². The van der Waals surface area contributed by atoms with Crippen molar-refractivity contribution in [2.24, 2.45) is 0 Å². The predicted molar refractivity (Wildman–Crippen MR) is 71.5 cm³/mol. The molecule has 20 heavy (non-hydrogen) atoms. The first kappa shape index (κ1) is 15.3. The smallest absolute Gasteiger partial charge is 0.376 e. The molecule has 1 fully saturated rings. The fourth-order valence-corrected chi connectivity index (χ4v) is 2.51. The largest absolute Gasteiger partial charge is 0.416 e. The van der Waals surface area contributed by atoms with Crippen LogP contribution in [0.5, 0.6) is 0 Å². The van der Waals surface area contributed by atoms with E-state index in [0.717, 1.165) is 50.1 Å². The topological polar surface area (TPSA) is 21.3 Å². The number of nitrogens with one attached hydrogen (secondary N) is 1. The van der Waals surface area contributed by atoms with Gasteiger partial charge in [-0.2, -0.15) is 13.2 Å². The number of benzene rings is 1. The van der Waals surface area contributed by atoms with E-state index < -0.39 is 11.7 Å². The Labute approximate surface area is 117 Å². The highest BCUT2D eigenvalue weighted by atomic mass is 19.4. The quantitative estimate of drug-likeness (QED) is 0.886. The van der Waals surface area contributed by atoms with Crippen LogP contribution in [-0.2, 0) is 10.9 Å². The molecule has 1 aromatic rings. The Balaban J connectivity index is 2.15. The van der Waals surface area contributed by atoms with Gasteiger partial charge in [0.05, 0.1) is 17.7 Å². The minimum absolute atomic E-state index is 0.0280. The van der Waals surface area contributed by atoms with Gasteiger partial charge in [-0.1, -0.05) is 19.1 Å². The molecule has 0 radical (unpaired) electrons. The molecule has 5 heteroatoms. The minimum atomic E-state index is -4.28. The summed E-state index contributed by atoms with van der Waals surface area (Å²) in [4.78, 5) is 0. The Bertz CT molecular complexity index is 410. The van der Waals surface area contributed by atoms with E-state index in [2.05, 4.69) is 12.2 Å². The number of ether oxygens (including phenoxy) is 1. The standard InChI is InChI=1S/C15H20F3NO/c1-2-9-19-14(13-4-3-10-20-13)11-5-7-12(8-6-11)15(16,17)18/h5-8,13-14,19H,2-4,9-10H2,1H3. The van der Waals surface area contributed by atoms with Crippen molar-refractivity contribution in [1.82, 2.24) is 5.32 Å². The average molecular weight is 287 g/mol. The summed E-state index contributed by atoms with van der Waals surface area (Å²) in [7, 11) is 0. The van der Waals surface area contributed by atoms with Crippen LogP contribution in [0.25, 0.3) is 0 Å². The summed E-state index contributed by atoms with van der Waals surface area (Å²) in [6.45, 7) is 3.62. The summed E-state index contributed by atoms with van der Waals surface area (Å²) in [6.07, 6.45) is -1.30. The monoisotopic (exact) mass is 287 g/mol. The molecular weight excluding hydrogens is 267 g/mol. The Kier molecular flexibility index (Phi) is 5.05. The van der Waals surface area contributed by atoms with Gasteiger partial charge in [-0.15, -0.1) is 0 Å². The molecule has 1 aliphatic rings. The van der Waals surface area contributed by atoms with Crippen LogP contribution >= 0.6 is 0 Å². The van der Waals surface area contributed by atoms with E-state index >= 15 is 0 Å². The van der Waals surface area contributed by atoms with Crippen molar-refractivity contribution in [2.75, 3.05) is 13.2 Å². The van der Waals surface area contributed by atoms with Crippen molar-refractivity contribution in [2.45, 2.75) is 44.5 Å². The van der Waals surface area contributed by atoms with Crippen molar-refractivity contribution in [3.05, 3.63) is 35.4 Å². The molecule has 0 aliphatic carbocycles. The fraction of sp³-hybridized carbons (Fsp3) is 0.600.